The summed E-state index contributed by atoms with van der Waals surface area (Å²) in [6.07, 6.45) is 3.03. The molecule has 1 heterocycles. The molecule has 1 N–H and O–H groups in total. The van der Waals surface area contributed by atoms with Crippen LogP contribution in [0.25, 0.3) is 6.08 Å². The van der Waals surface area contributed by atoms with Crippen molar-refractivity contribution < 1.29 is 14.3 Å². The maximum Gasteiger partial charge on any atom is 0.244 e. The van der Waals surface area contributed by atoms with Gasteiger partial charge in [-0.15, -0.1) is 0 Å². The first-order chi connectivity index (χ1) is 11.2. The Morgan fingerprint density at radius 3 is 2.70 bits per heavy atom. The van der Waals surface area contributed by atoms with Gasteiger partial charge in [-0.05, 0) is 35.9 Å². The SMILES string of the molecule is O=C(/C=C/c1ccc(Cl)cc1)NC[C@H]1COc2ccccc2O1. The second-order valence-corrected chi connectivity index (χ2v) is 5.56. The molecule has 0 spiro atoms. The molecule has 118 valence electrons. The minimum atomic E-state index is -0.196. The molecule has 0 aliphatic carbocycles. The fourth-order valence-corrected chi connectivity index (χ4v) is 2.31. The first-order valence-corrected chi connectivity index (χ1v) is 7.68. The summed E-state index contributed by atoms with van der Waals surface area (Å²) in [5, 5.41) is 3.48. The Bertz CT molecular complexity index is 712. The Labute approximate surface area is 139 Å². The van der Waals surface area contributed by atoms with Crippen molar-refractivity contribution in [3.05, 3.63) is 65.2 Å². The van der Waals surface area contributed by atoms with Crippen LogP contribution in [0.5, 0.6) is 11.5 Å². The average molecular weight is 330 g/mol. The Morgan fingerprint density at radius 2 is 1.91 bits per heavy atom. The Hall–Kier alpha value is -2.46. The molecule has 23 heavy (non-hydrogen) atoms. The molecule has 0 bridgehead atoms. The minimum absolute atomic E-state index is 0.178. The van der Waals surface area contributed by atoms with E-state index in [1.54, 1.807) is 18.2 Å². The number of para-hydroxylation sites is 2. The first kappa shape index (κ1) is 15.4. The van der Waals surface area contributed by atoms with Crippen LogP contribution in [0.15, 0.2) is 54.6 Å². The molecule has 0 saturated heterocycles. The molecule has 5 heteroatoms. The van der Waals surface area contributed by atoms with Gasteiger partial charge in [0.25, 0.3) is 0 Å². The molecule has 0 radical (unpaired) electrons. The number of ether oxygens (including phenoxy) is 2. The normalized spacial score (nSPS) is 16.3. The highest BCUT2D eigenvalue weighted by Crippen LogP contribution is 2.30. The number of carbonyl (C=O) groups excluding carboxylic acids is 1. The summed E-state index contributed by atoms with van der Waals surface area (Å²) in [5.74, 6) is 1.26. The van der Waals surface area contributed by atoms with Crippen LogP contribution in [0.4, 0.5) is 0 Å². The van der Waals surface area contributed by atoms with E-state index in [4.69, 9.17) is 21.1 Å². The molecule has 3 rings (SSSR count). The molecule has 0 saturated carbocycles. The van der Waals surface area contributed by atoms with E-state index in [9.17, 15) is 4.79 Å². The van der Waals surface area contributed by atoms with Crippen LogP contribution >= 0.6 is 11.6 Å². The second kappa shape index (κ2) is 7.20. The van der Waals surface area contributed by atoms with Crippen molar-refractivity contribution in [1.29, 1.82) is 0 Å². The van der Waals surface area contributed by atoms with Crippen molar-refractivity contribution in [1.82, 2.24) is 5.32 Å². The summed E-state index contributed by atoms with van der Waals surface area (Å²) < 4.78 is 11.4. The quantitative estimate of drug-likeness (QED) is 0.875. The smallest absolute Gasteiger partial charge is 0.244 e. The first-order valence-electron chi connectivity index (χ1n) is 7.31. The van der Waals surface area contributed by atoms with Crippen LogP contribution < -0.4 is 14.8 Å². The highest BCUT2D eigenvalue weighted by Gasteiger charge is 2.20. The topological polar surface area (TPSA) is 47.6 Å². The Balaban J connectivity index is 1.49. The summed E-state index contributed by atoms with van der Waals surface area (Å²) in [6.45, 7) is 0.802. The van der Waals surface area contributed by atoms with Crippen LogP contribution in [-0.4, -0.2) is 25.2 Å². The maximum absolute atomic E-state index is 11.9. The lowest BCUT2D eigenvalue weighted by molar-refractivity contribution is -0.116. The third-order valence-electron chi connectivity index (χ3n) is 3.37. The van der Waals surface area contributed by atoms with Crippen molar-refractivity contribution in [3.63, 3.8) is 0 Å². The molecule has 1 atom stereocenters. The van der Waals surface area contributed by atoms with Crippen LogP contribution in [0, 0.1) is 0 Å². The van der Waals surface area contributed by atoms with E-state index in [-0.39, 0.29) is 12.0 Å². The van der Waals surface area contributed by atoms with Crippen molar-refractivity contribution in [2.45, 2.75) is 6.10 Å². The molecule has 2 aromatic rings. The number of halogens is 1. The van der Waals surface area contributed by atoms with Gasteiger partial charge in [0.05, 0.1) is 6.54 Å². The number of hydrogen-bond donors (Lipinski definition) is 1. The zero-order chi connectivity index (χ0) is 16.1. The number of hydrogen-bond acceptors (Lipinski definition) is 3. The lowest BCUT2D eigenvalue weighted by Gasteiger charge is -2.26. The van der Waals surface area contributed by atoms with E-state index in [2.05, 4.69) is 5.32 Å². The van der Waals surface area contributed by atoms with Crippen LogP contribution in [0.3, 0.4) is 0 Å². The summed E-state index contributed by atoms with van der Waals surface area (Å²) in [6, 6.07) is 14.8. The number of amides is 1. The van der Waals surface area contributed by atoms with Gasteiger partial charge in [0.15, 0.2) is 11.5 Å². The summed E-state index contributed by atoms with van der Waals surface area (Å²) in [5.41, 5.74) is 0.913. The lowest BCUT2D eigenvalue weighted by atomic mass is 10.2. The van der Waals surface area contributed by atoms with Gasteiger partial charge in [0.2, 0.25) is 5.91 Å². The maximum atomic E-state index is 11.9. The number of rotatable bonds is 4. The summed E-state index contributed by atoms with van der Waals surface area (Å²) >= 11 is 5.82. The van der Waals surface area contributed by atoms with Crippen LogP contribution in [-0.2, 0) is 4.79 Å². The van der Waals surface area contributed by atoms with Crippen molar-refractivity contribution in [3.8, 4) is 11.5 Å². The van der Waals surface area contributed by atoms with Gasteiger partial charge in [-0.1, -0.05) is 35.9 Å². The van der Waals surface area contributed by atoms with E-state index < -0.39 is 0 Å². The minimum Gasteiger partial charge on any atom is -0.486 e. The second-order valence-electron chi connectivity index (χ2n) is 5.13. The van der Waals surface area contributed by atoms with Crippen molar-refractivity contribution in [2.24, 2.45) is 0 Å². The van der Waals surface area contributed by atoms with Crippen molar-refractivity contribution in [2.75, 3.05) is 13.2 Å². The van der Waals surface area contributed by atoms with Gasteiger partial charge < -0.3 is 14.8 Å². The molecule has 1 amide bonds. The van der Waals surface area contributed by atoms with E-state index in [0.29, 0.717) is 23.9 Å². The molecule has 0 unspecified atom stereocenters. The zero-order valence-electron chi connectivity index (χ0n) is 12.4. The number of fused-ring (bicyclic) bond motifs is 1. The molecule has 0 aromatic heterocycles. The summed E-state index contributed by atoms with van der Waals surface area (Å²) in [7, 11) is 0. The summed E-state index contributed by atoms with van der Waals surface area (Å²) in [4.78, 5) is 11.9. The van der Waals surface area contributed by atoms with Gasteiger partial charge in [-0.3, -0.25) is 4.79 Å². The van der Waals surface area contributed by atoms with Gasteiger partial charge in [-0.25, -0.2) is 0 Å². The fraction of sp³-hybridized carbons (Fsp3) is 0.167. The Kier molecular flexibility index (Phi) is 4.83. The van der Waals surface area contributed by atoms with Crippen LogP contribution in [0.2, 0.25) is 5.02 Å². The molecule has 4 nitrogen and oxygen atoms in total. The standard InChI is InChI=1S/C18H16ClNO3/c19-14-8-5-13(6-9-14)7-10-18(21)20-11-15-12-22-16-3-1-2-4-17(16)23-15/h1-10,15H,11-12H2,(H,20,21)/b10-7+/t15-/m0/s1. The highest BCUT2D eigenvalue weighted by atomic mass is 35.5. The third-order valence-corrected chi connectivity index (χ3v) is 3.62. The lowest BCUT2D eigenvalue weighted by Crippen LogP contribution is -2.40. The molecule has 1 aliphatic heterocycles. The van der Waals surface area contributed by atoms with E-state index in [0.717, 1.165) is 11.3 Å². The number of carbonyl (C=O) groups is 1. The Morgan fingerprint density at radius 1 is 1.17 bits per heavy atom. The highest BCUT2D eigenvalue weighted by molar-refractivity contribution is 6.30. The predicted molar refractivity (Wildman–Crippen MR) is 89.8 cm³/mol. The van der Waals surface area contributed by atoms with Crippen molar-refractivity contribution >= 4 is 23.6 Å². The van der Waals surface area contributed by atoms with E-state index >= 15 is 0 Å². The molecular weight excluding hydrogens is 314 g/mol. The van der Waals surface area contributed by atoms with Crippen LogP contribution in [0.1, 0.15) is 5.56 Å². The average Bonchev–Trinajstić information content (AvgIpc) is 2.59. The molecular formula is C18H16ClNO3. The predicted octanol–water partition coefficient (Wildman–Crippen LogP) is 3.31. The fourth-order valence-electron chi connectivity index (χ4n) is 2.18. The van der Waals surface area contributed by atoms with E-state index in [1.165, 1.54) is 6.08 Å². The van der Waals surface area contributed by atoms with Gasteiger partial charge in [-0.2, -0.15) is 0 Å². The number of nitrogens with one attached hydrogen (secondary N) is 1. The largest absolute Gasteiger partial charge is 0.486 e. The third kappa shape index (κ3) is 4.27. The molecule has 0 fully saturated rings. The van der Waals surface area contributed by atoms with E-state index in [1.807, 2.05) is 36.4 Å². The van der Waals surface area contributed by atoms with Gasteiger partial charge in [0, 0.05) is 11.1 Å². The number of benzene rings is 2. The zero-order valence-corrected chi connectivity index (χ0v) is 13.1. The van der Waals surface area contributed by atoms with Gasteiger partial charge in [0.1, 0.15) is 12.7 Å². The van der Waals surface area contributed by atoms with Gasteiger partial charge >= 0.3 is 0 Å². The molecule has 1 aliphatic rings. The molecule has 2 aromatic carbocycles. The monoisotopic (exact) mass is 329 g/mol.